The van der Waals surface area contributed by atoms with E-state index in [4.69, 9.17) is 14.5 Å². The molecule has 4 heterocycles. The first kappa shape index (κ1) is 13.1. The summed E-state index contributed by atoms with van der Waals surface area (Å²) in [5.41, 5.74) is 2.48. The third-order valence-electron chi connectivity index (χ3n) is 4.64. The van der Waals surface area contributed by atoms with Gasteiger partial charge >= 0.3 is 0 Å². The van der Waals surface area contributed by atoms with Crippen LogP contribution < -0.4 is 4.90 Å². The van der Waals surface area contributed by atoms with Gasteiger partial charge < -0.3 is 14.4 Å². The van der Waals surface area contributed by atoms with Crippen LogP contribution in [0.15, 0.2) is 24.3 Å². The summed E-state index contributed by atoms with van der Waals surface area (Å²) >= 11 is 0. The normalized spacial score (nSPS) is 20.8. The maximum absolute atomic E-state index is 5.79. The fourth-order valence-electron chi connectivity index (χ4n) is 3.45. The molecule has 0 atom stereocenters. The van der Waals surface area contributed by atoms with Crippen LogP contribution in [0.3, 0.4) is 0 Å². The van der Waals surface area contributed by atoms with Crippen molar-refractivity contribution in [3.05, 3.63) is 24.3 Å². The summed E-state index contributed by atoms with van der Waals surface area (Å²) in [6.07, 6.45) is 1.66. The lowest BCUT2D eigenvalue weighted by Gasteiger charge is -2.38. The van der Waals surface area contributed by atoms with Crippen LogP contribution in [-0.4, -0.2) is 57.1 Å². The predicted molar refractivity (Wildman–Crippen MR) is 82.2 cm³/mol. The zero-order valence-electron chi connectivity index (χ0n) is 12.6. The number of fused-ring (bicyclic) bond motifs is 3. The van der Waals surface area contributed by atoms with E-state index in [0.29, 0.717) is 18.9 Å². The molecule has 0 amide bonds. The van der Waals surface area contributed by atoms with E-state index < -0.39 is 5.79 Å². The Morgan fingerprint density at radius 2 is 1.83 bits per heavy atom. The van der Waals surface area contributed by atoms with E-state index >= 15 is 0 Å². The van der Waals surface area contributed by atoms with Gasteiger partial charge in [-0.05, 0) is 22.6 Å². The second-order valence-electron chi connectivity index (χ2n) is 5.93. The molecule has 118 valence electrons. The van der Waals surface area contributed by atoms with Crippen molar-refractivity contribution in [1.82, 2.24) is 25.0 Å². The average molecular weight is 312 g/mol. The molecule has 23 heavy (non-hydrogen) atoms. The average Bonchev–Trinajstić information content (AvgIpc) is 3.25. The molecule has 2 fully saturated rings. The number of piperidine rings is 1. The van der Waals surface area contributed by atoms with Gasteiger partial charge in [0.1, 0.15) is 0 Å². The van der Waals surface area contributed by atoms with E-state index in [0.717, 1.165) is 42.8 Å². The molecular formula is C15H16N6O2. The van der Waals surface area contributed by atoms with Crippen molar-refractivity contribution in [2.75, 3.05) is 31.2 Å². The number of ether oxygens (including phenoxy) is 2. The van der Waals surface area contributed by atoms with Crippen LogP contribution in [0.4, 0.5) is 5.82 Å². The van der Waals surface area contributed by atoms with Crippen molar-refractivity contribution in [3.8, 4) is 0 Å². The van der Waals surface area contributed by atoms with Crippen molar-refractivity contribution in [3.63, 3.8) is 0 Å². The van der Waals surface area contributed by atoms with Gasteiger partial charge in [0.25, 0.3) is 0 Å². The zero-order chi connectivity index (χ0) is 15.3. The first-order valence-electron chi connectivity index (χ1n) is 7.84. The minimum absolute atomic E-state index is 0.393. The lowest BCUT2D eigenvalue weighted by molar-refractivity contribution is -0.169. The highest BCUT2D eigenvalue weighted by Crippen LogP contribution is 2.34. The van der Waals surface area contributed by atoms with Gasteiger partial charge in [-0.2, -0.15) is 4.52 Å². The van der Waals surface area contributed by atoms with Gasteiger partial charge in [0.15, 0.2) is 11.6 Å². The van der Waals surface area contributed by atoms with E-state index in [1.165, 1.54) is 0 Å². The first-order valence-corrected chi connectivity index (χ1v) is 7.84. The van der Waals surface area contributed by atoms with Crippen LogP contribution >= 0.6 is 0 Å². The van der Waals surface area contributed by atoms with Gasteiger partial charge in [0.05, 0.1) is 24.2 Å². The highest BCUT2D eigenvalue weighted by atomic mass is 16.7. The molecule has 2 saturated heterocycles. The lowest BCUT2D eigenvalue weighted by Crippen LogP contribution is -2.45. The SMILES string of the molecule is c1ccc2c(c1)nc(N1CCC3(CC1)OCCO3)c1nnnn12. The fourth-order valence-corrected chi connectivity index (χ4v) is 3.45. The molecule has 0 bridgehead atoms. The molecule has 2 aliphatic rings. The Bertz CT molecular complexity index is 863. The van der Waals surface area contributed by atoms with Crippen molar-refractivity contribution in [2.24, 2.45) is 0 Å². The number of benzene rings is 1. The number of hydrogen-bond acceptors (Lipinski definition) is 7. The smallest absolute Gasteiger partial charge is 0.222 e. The Hall–Kier alpha value is -2.32. The zero-order valence-corrected chi connectivity index (χ0v) is 12.6. The molecule has 1 spiro atoms. The maximum atomic E-state index is 5.79. The minimum Gasteiger partial charge on any atom is -0.353 e. The van der Waals surface area contributed by atoms with Crippen LogP contribution in [0.1, 0.15) is 12.8 Å². The first-order chi connectivity index (χ1) is 11.3. The molecule has 0 saturated carbocycles. The van der Waals surface area contributed by atoms with E-state index in [1.54, 1.807) is 4.52 Å². The summed E-state index contributed by atoms with van der Waals surface area (Å²) in [7, 11) is 0. The highest BCUT2D eigenvalue weighted by Gasteiger charge is 2.40. The van der Waals surface area contributed by atoms with E-state index in [-0.39, 0.29) is 0 Å². The minimum atomic E-state index is -0.393. The van der Waals surface area contributed by atoms with Crippen LogP contribution in [0, 0.1) is 0 Å². The summed E-state index contributed by atoms with van der Waals surface area (Å²) in [5, 5.41) is 12.1. The Balaban J connectivity index is 1.56. The molecular weight excluding hydrogens is 296 g/mol. The maximum Gasteiger partial charge on any atom is 0.222 e. The van der Waals surface area contributed by atoms with Gasteiger partial charge in [-0.3, -0.25) is 0 Å². The van der Waals surface area contributed by atoms with Gasteiger partial charge in [-0.25, -0.2) is 4.98 Å². The lowest BCUT2D eigenvalue weighted by atomic mass is 10.0. The Labute approximate surface area is 132 Å². The second-order valence-corrected chi connectivity index (χ2v) is 5.93. The molecule has 5 rings (SSSR count). The van der Waals surface area contributed by atoms with Crippen LogP contribution in [0.25, 0.3) is 16.7 Å². The number of tetrazole rings is 1. The molecule has 0 radical (unpaired) electrons. The van der Waals surface area contributed by atoms with Crippen molar-refractivity contribution in [1.29, 1.82) is 0 Å². The quantitative estimate of drug-likeness (QED) is 0.663. The Kier molecular flexibility index (Phi) is 2.77. The van der Waals surface area contributed by atoms with Crippen LogP contribution in [-0.2, 0) is 9.47 Å². The van der Waals surface area contributed by atoms with Crippen molar-refractivity contribution < 1.29 is 9.47 Å². The monoisotopic (exact) mass is 312 g/mol. The third kappa shape index (κ3) is 1.98. The number of aromatic nitrogens is 5. The molecule has 0 aliphatic carbocycles. The van der Waals surface area contributed by atoms with E-state index in [9.17, 15) is 0 Å². The second kappa shape index (κ2) is 4.84. The Morgan fingerprint density at radius 1 is 1.04 bits per heavy atom. The summed E-state index contributed by atoms with van der Waals surface area (Å²) in [4.78, 5) is 7.01. The predicted octanol–water partition coefficient (Wildman–Crippen LogP) is 1.02. The van der Waals surface area contributed by atoms with Crippen molar-refractivity contribution >= 4 is 22.5 Å². The van der Waals surface area contributed by atoms with E-state index in [2.05, 4.69) is 20.4 Å². The van der Waals surface area contributed by atoms with Gasteiger partial charge in [0.2, 0.25) is 5.65 Å². The summed E-state index contributed by atoms with van der Waals surface area (Å²) in [5.74, 6) is 0.428. The number of para-hydroxylation sites is 2. The molecule has 3 aromatic rings. The molecule has 8 heteroatoms. The number of rotatable bonds is 1. The number of nitrogens with zero attached hydrogens (tertiary/aromatic N) is 6. The molecule has 0 unspecified atom stereocenters. The van der Waals surface area contributed by atoms with Gasteiger partial charge in [-0.15, -0.1) is 5.10 Å². The topological polar surface area (TPSA) is 77.7 Å². The van der Waals surface area contributed by atoms with Gasteiger partial charge in [-0.1, -0.05) is 12.1 Å². The third-order valence-corrected chi connectivity index (χ3v) is 4.64. The van der Waals surface area contributed by atoms with Crippen molar-refractivity contribution in [2.45, 2.75) is 18.6 Å². The molecule has 1 aromatic carbocycles. The van der Waals surface area contributed by atoms with Crippen LogP contribution in [0.5, 0.6) is 0 Å². The number of anilines is 1. The summed E-state index contributed by atoms with van der Waals surface area (Å²) in [6.45, 7) is 3.00. The summed E-state index contributed by atoms with van der Waals surface area (Å²) in [6, 6.07) is 7.89. The molecule has 2 aliphatic heterocycles. The largest absolute Gasteiger partial charge is 0.353 e. The standard InChI is InChI=1S/C15H16N6O2/c1-2-4-12-11(3-1)16-13(14-17-18-19-21(12)14)20-7-5-15(6-8-20)22-9-10-23-15/h1-4H,5-10H2. The summed E-state index contributed by atoms with van der Waals surface area (Å²) < 4.78 is 13.3. The molecule has 0 N–H and O–H groups in total. The highest BCUT2D eigenvalue weighted by molar-refractivity contribution is 5.82. The Morgan fingerprint density at radius 3 is 2.65 bits per heavy atom. The van der Waals surface area contributed by atoms with E-state index in [1.807, 2.05) is 24.3 Å². The van der Waals surface area contributed by atoms with Crippen LogP contribution in [0.2, 0.25) is 0 Å². The molecule has 2 aromatic heterocycles. The fraction of sp³-hybridized carbons (Fsp3) is 0.467. The van der Waals surface area contributed by atoms with Gasteiger partial charge in [0, 0.05) is 25.9 Å². The molecule has 8 nitrogen and oxygen atoms in total. The number of hydrogen-bond donors (Lipinski definition) is 0.